The van der Waals surface area contributed by atoms with Gasteiger partial charge in [0.1, 0.15) is 12.2 Å². The van der Waals surface area contributed by atoms with E-state index >= 15 is 0 Å². The van der Waals surface area contributed by atoms with Crippen LogP contribution in [0.15, 0.2) is 60.7 Å². The van der Waals surface area contributed by atoms with Gasteiger partial charge in [-0.1, -0.05) is 67.6 Å². The van der Waals surface area contributed by atoms with Gasteiger partial charge in [-0.3, -0.25) is 9.59 Å². The molecule has 1 saturated heterocycles. The Bertz CT molecular complexity index is 760. The fourth-order valence-corrected chi connectivity index (χ4v) is 3.87. The second-order valence-electron chi connectivity index (χ2n) is 7.21. The molecule has 0 radical (unpaired) electrons. The number of hydrogen-bond acceptors (Lipinski definition) is 2. The number of nitrogens with zero attached hydrogens (tertiary/aromatic N) is 2. The standard InChI is InChI=1S/C23H28N2O2/c1-3-10-22(26)25-20(17-19-13-8-5-9-14-19)23(27)24(2)21(25)16-15-18-11-6-4-7-12-18/h4-9,11-14,20-21H,3,10,15-17H2,1-2H3. The predicted molar refractivity (Wildman–Crippen MR) is 107 cm³/mol. The molecule has 4 nitrogen and oxygen atoms in total. The maximum Gasteiger partial charge on any atom is 0.247 e. The molecule has 0 aromatic heterocycles. The monoisotopic (exact) mass is 364 g/mol. The van der Waals surface area contributed by atoms with Gasteiger partial charge in [0.25, 0.3) is 0 Å². The van der Waals surface area contributed by atoms with E-state index in [-0.39, 0.29) is 18.0 Å². The normalized spacial score (nSPS) is 19.6. The molecule has 1 heterocycles. The number of likely N-dealkylation sites (N-methyl/N-ethyl adjacent to an activating group) is 1. The van der Waals surface area contributed by atoms with Gasteiger partial charge in [0.05, 0.1) is 0 Å². The van der Waals surface area contributed by atoms with Crippen molar-refractivity contribution >= 4 is 11.8 Å². The molecule has 2 aromatic carbocycles. The Morgan fingerprint density at radius 2 is 1.56 bits per heavy atom. The Hall–Kier alpha value is -2.62. The van der Waals surface area contributed by atoms with Crippen molar-refractivity contribution in [2.75, 3.05) is 7.05 Å². The van der Waals surface area contributed by atoms with Gasteiger partial charge in [-0.15, -0.1) is 0 Å². The van der Waals surface area contributed by atoms with Crippen molar-refractivity contribution in [3.8, 4) is 0 Å². The van der Waals surface area contributed by atoms with Crippen molar-refractivity contribution in [3.63, 3.8) is 0 Å². The molecule has 1 aliphatic heterocycles. The smallest absolute Gasteiger partial charge is 0.247 e. The highest BCUT2D eigenvalue weighted by molar-refractivity contribution is 5.91. The minimum atomic E-state index is -0.405. The Morgan fingerprint density at radius 3 is 2.15 bits per heavy atom. The fourth-order valence-electron chi connectivity index (χ4n) is 3.87. The zero-order chi connectivity index (χ0) is 19.2. The summed E-state index contributed by atoms with van der Waals surface area (Å²) in [4.78, 5) is 29.5. The van der Waals surface area contributed by atoms with E-state index in [1.54, 1.807) is 4.90 Å². The number of benzene rings is 2. The van der Waals surface area contributed by atoms with Gasteiger partial charge < -0.3 is 9.80 Å². The van der Waals surface area contributed by atoms with Gasteiger partial charge in [-0.25, -0.2) is 0 Å². The highest BCUT2D eigenvalue weighted by Crippen LogP contribution is 2.28. The van der Waals surface area contributed by atoms with E-state index < -0.39 is 6.04 Å². The maximum atomic E-state index is 13.0. The van der Waals surface area contributed by atoms with E-state index in [1.807, 2.05) is 67.4 Å². The molecule has 142 valence electrons. The number of carbonyl (C=O) groups excluding carboxylic acids is 2. The summed E-state index contributed by atoms with van der Waals surface area (Å²) >= 11 is 0. The van der Waals surface area contributed by atoms with Crippen LogP contribution in [0.4, 0.5) is 0 Å². The first-order valence-electron chi connectivity index (χ1n) is 9.77. The lowest BCUT2D eigenvalue weighted by atomic mass is 10.0. The van der Waals surface area contributed by atoms with E-state index in [0.29, 0.717) is 12.8 Å². The molecule has 1 fully saturated rings. The number of amides is 2. The molecule has 2 aromatic rings. The van der Waals surface area contributed by atoms with E-state index in [2.05, 4.69) is 12.1 Å². The molecule has 0 bridgehead atoms. The maximum absolute atomic E-state index is 13.0. The molecule has 4 heteroatoms. The first-order valence-corrected chi connectivity index (χ1v) is 9.77. The second-order valence-corrected chi connectivity index (χ2v) is 7.21. The van der Waals surface area contributed by atoms with Crippen molar-refractivity contribution in [3.05, 3.63) is 71.8 Å². The number of rotatable bonds is 7. The quantitative estimate of drug-likeness (QED) is 0.752. The van der Waals surface area contributed by atoms with Crippen LogP contribution in [0.3, 0.4) is 0 Å². The van der Waals surface area contributed by atoms with Gasteiger partial charge in [0, 0.05) is 19.9 Å². The average molecular weight is 364 g/mol. The lowest BCUT2D eigenvalue weighted by Gasteiger charge is -2.30. The van der Waals surface area contributed by atoms with Crippen LogP contribution in [0.5, 0.6) is 0 Å². The molecule has 2 amide bonds. The minimum absolute atomic E-state index is 0.0429. The van der Waals surface area contributed by atoms with Crippen LogP contribution in [0.1, 0.15) is 37.3 Å². The van der Waals surface area contributed by atoms with Crippen LogP contribution in [0.2, 0.25) is 0 Å². The summed E-state index contributed by atoms with van der Waals surface area (Å²) in [6.45, 7) is 2.00. The number of aryl methyl sites for hydroxylation is 1. The highest BCUT2D eigenvalue weighted by atomic mass is 16.2. The number of carbonyl (C=O) groups is 2. The highest BCUT2D eigenvalue weighted by Gasteiger charge is 2.45. The summed E-state index contributed by atoms with van der Waals surface area (Å²) < 4.78 is 0. The fraction of sp³-hybridized carbons (Fsp3) is 0.391. The van der Waals surface area contributed by atoms with E-state index in [9.17, 15) is 9.59 Å². The van der Waals surface area contributed by atoms with Gasteiger partial charge >= 0.3 is 0 Å². The summed E-state index contributed by atoms with van der Waals surface area (Å²) in [6.07, 6.45) is 3.27. The van der Waals surface area contributed by atoms with E-state index in [0.717, 1.165) is 24.8 Å². The van der Waals surface area contributed by atoms with Gasteiger partial charge in [0.2, 0.25) is 11.8 Å². The summed E-state index contributed by atoms with van der Waals surface area (Å²) in [7, 11) is 1.83. The minimum Gasteiger partial charge on any atom is -0.323 e. The molecule has 27 heavy (non-hydrogen) atoms. The molecule has 1 aliphatic rings. The van der Waals surface area contributed by atoms with Crippen LogP contribution in [0.25, 0.3) is 0 Å². The molecular formula is C23H28N2O2. The van der Waals surface area contributed by atoms with Crippen molar-refractivity contribution < 1.29 is 9.59 Å². The molecule has 3 rings (SSSR count). The van der Waals surface area contributed by atoms with E-state index in [1.165, 1.54) is 5.56 Å². The molecular weight excluding hydrogens is 336 g/mol. The van der Waals surface area contributed by atoms with Crippen LogP contribution in [-0.4, -0.2) is 40.9 Å². The Labute approximate surface area is 161 Å². The van der Waals surface area contributed by atoms with Crippen molar-refractivity contribution in [2.24, 2.45) is 0 Å². The average Bonchev–Trinajstić information content (AvgIpc) is 2.93. The zero-order valence-electron chi connectivity index (χ0n) is 16.2. The zero-order valence-corrected chi connectivity index (χ0v) is 16.2. The Kier molecular flexibility index (Phi) is 6.28. The van der Waals surface area contributed by atoms with Crippen molar-refractivity contribution in [1.82, 2.24) is 9.80 Å². The third-order valence-corrected chi connectivity index (χ3v) is 5.29. The topological polar surface area (TPSA) is 40.6 Å². The first kappa shape index (κ1) is 19.2. The van der Waals surface area contributed by atoms with Crippen LogP contribution in [-0.2, 0) is 22.4 Å². The molecule has 2 unspecified atom stereocenters. The Balaban J connectivity index is 1.81. The third-order valence-electron chi connectivity index (χ3n) is 5.29. The van der Waals surface area contributed by atoms with Crippen LogP contribution in [0, 0.1) is 0 Å². The summed E-state index contributed by atoms with van der Waals surface area (Å²) in [6, 6.07) is 19.8. The van der Waals surface area contributed by atoms with E-state index in [4.69, 9.17) is 0 Å². The van der Waals surface area contributed by atoms with Crippen molar-refractivity contribution in [2.45, 2.75) is 51.2 Å². The number of hydrogen-bond donors (Lipinski definition) is 0. The predicted octanol–water partition coefficient (Wildman–Crippen LogP) is 3.66. The summed E-state index contributed by atoms with van der Waals surface area (Å²) in [5.41, 5.74) is 2.31. The van der Waals surface area contributed by atoms with Crippen LogP contribution >= 0.6 is 0 Å². The Morgan fingerprint density at radius 1 is 0.963 bits per heavy atom. The lowest BCUT2D eigenvalue weighted by Crippen LogP contribution is -2.45. The molecule has 2 atom stereocenters. The lowest BCUT2D eigenvalue weighted by molar-refractivity contribution is -0.136. The molecule has 0 aliphatic carbocycles. The first-order chi connectivity index (χ1) is 13.1. The van der Waals surface area contributed by atoms with Crippen LogP contribution < -0.4 is 0 Å². The van der Waals surface area contributed by atoms with Gasteiger partial charge in [0.15, 0.2) is 0 Å². The molecule has 0 saturated carbocycles. The largest absolute Gasteiger partial charge is 0.323 e. The SMILES string of the molecule is CCCC(=O)N1C(Cc2ccccc2)C(=O)N(C)C1CCc1ccccc1. The second kappa shape index (κ2) is 8.85. The summed E-state index contributed by atoms with van der Waals surface area (Å²) in [5.74, 6) is 0.121. The van der Waals surface area contributed by atoms with Gasteiger partial charge in [-0.2, -0.15) is 0 Å². The third kappa shape index (κ3) is 4.38. The molecule has 0 N–H and O–H groups in total. The van der Waals surface area contributed by atoms with Crippen molar-refractivity contribution in [1.29, 1.82) is 0 Å². The summed E-state index contributed by atoms with van der Waals surface area (Å²) in [5, 5.41) is 0. The molecule has 0 spiro atoms. The van der Waals surface area contributed by atoms with Gasteiger partial charge in [-0.05, 0) is 30.4 Å².